The molecule has 0 amide bonds. The molecule has 0 fully saturated rings. The summed E-state index contributed by atoms with van der Waals surface area (Å²) in [5.41, 5.74) is 2.22. The van der Waals surface area contributed by atoms with Gasteiger partial charge in [-0.1, -0.05) is 42.1 Å². The third-order valence-electron chi connectivity index (χ3n) is 4.16. The van der Waals surface area contributed by atoms with E-state index in [9.17, 15) is 0 Å². The lowest BCUT2D eigenvalue weighted by atomic mass is 10.2. The van der Waals surface area contributed by atoms with E-state index < -0.39 is 0 Å². The summed E-state index contributed by atoms with van der Waals surface area (Å²) in [7, 11) is 1.65. The number of hydrogen-bond donors (Lipinski definition) is 1. The fraction of sp³-hybridized carbons (Fsp3) is 0.150. The average Bonchev–Trinajstić information content (AvgIpc) is 3.37. The Kier molecular flexibility index (Phi) is 5.20. The van der Waals surface area contributed by atoms with Crippen molar-refractivity contribution in [2.45, 2.75) is 17.5 Å². The summed E-state index contributed by atoms with van der Waals surface area (Å²) < 4.78 is 7.34. The molecule has 4 aromatic rings. The van der Waals surface area contributed by atoms with Gasteiger partial charge in [0.2, 0.25) is 5.16 Å². The predicted molar refractivity (Wildman–Crippen MR) is 106 cm³/mol. The van der Waals surface area contributed by atoms with E-state index in [-0.39, 0.29) is 0 Å². The second-order valence-electron chi connectivity index (χ2n) is 5.94. The van der Waals surface area contributed by atoms with Crippen molar-refractivity contribution in [1.29, 1.82) is 0 Å². The summed E-state index contributed by atoms with van der Waals surface area (Å²) in [6, 6.07) is 18.1. The Morgan fingerprint density at radius 3 is 2.67 bits per heavy atom. The predicted octanol–water partition coefficient (Wildman–Crippen LogP) is 4.02. The molecule has 27 heavy (non-hydrogen) atoms. The van der Waals surface area contributed by atoms with Crippen LogP contribution in [-0.2, 0) is 12.3 Å². The van der Waals surface area contributed by atoms with E-state index in [4.69, 9.17) is 4.74 Å². The zero-order valence-electron chi connectivity index (χ0n) is 14.9. The van der Waals surface area contributed by atoms with Crippen molar-refractivity contribution in [3.8, 4) is 17.1 Å². The molecule has 136 valence electrons. The number of hydrogen-bond acceptors (Lipinski definition) is 5. The first-order valence-electron chi connectivity index (χ1n) is 8.55. The molecule has 2 aromatic heterocycles. The maximum Gasteiger partial charge on any atom is 0.209 e. The van der Waals surface area contributed by atoms with E-state index in [0.29, 0.717) is 10.9 Å². The number of methoxy groups -OCH3 is 1. The van der Waals surface area contributed by atoms with Gasteiger partial charge in [0, 0.05) is 24.5 Å². The first-order valence-corrected chi connectivity index (χ1v) is 9.54. The van der Waals surface area contributed by atoms with E-state index in [1.165, 1.54) is 5.56 Å². The number of ether oxygens (including phenoxy) is 1. The van der Waals surface area contributed by atoms with Crippen LogP contribution in [0.5, 0.6) is 5.75 Å². The lowest BCUT2D eigenvalue weighted by Crippen LogP contribution is -2.03. The molecule has 0 spiro atoms. The van der Waals surface area contributed by atoms with Crippen LogP contribution in [0, 0.1) is 0 Å². The van der Waals surface area contributed by atoms with Crippen molar-refractivity contribution >= 4 is 11.8 Å². The molecule has 0 unspecified atom stereocenters. The Morgan fingerprint density at radius 2 is 1.89 bits per heavy atom. The average molecular weight is 377 g/mol. The third kappa shape index (κ3) is 4.20. The number of rotatable bonds is 7. The minimum Gasteiger partial charge on any atom is -0.497 e. The highest BCUT2D eigenvalue weighted by molar-refractivity contribution is 7.98. The Bertz CT molecular complexity index is 995. The highest BCUT2D eigenvalue weighted by atomic mass is 32.2. The van der Waals surface area contributed by atoms with Crippen molar-refractivity contribution in [3.63, 3.8) is 0 Å². The molecule has 7 heteroatoms. The lowest BCUT2D eigenvalue weighted by molar-refractivity contribution is 0.415. The van der Waals surface area contributed by atoms with Gasteiger partial charge in [0.25, 0.3) is 0 Å². The lowest BCUT2D eigenvalue weighted by Gasteiger charge is -2.07. The van der Waals surface area contributed by atoms with Gasteiger partial charge in [0.05, 0.1) is 12.9 Å². The van der Waals surface area contributed by atoms with Crippen molar-refractivity contribution in [3.05, 3.63) is 78.4 Å². The number of aromatic nitrogens is 5. The number of aromatic amines is 1. The van der Waals surface area contributed by atoms with Crippen LogP contribution in [0.15, 0.2) is 72.1 Å². The second-order valence-corrected chi connectivity index (χ2v) is 6.88. The number of nitrogens with zero attached hydrogens (tertiary/aromatic N) is 4. The summed E-state index contributed by atoms with van der Waals surface area (Å²) in [5.74, 6) is 3.27. The van der Waals surface area contributed by atoms with Gasteiger partial charge in [-0.15, -0.1) is 5.10 Å². The van der Waals surface area contributed by atoms with Crippen LogP contribution >= 0.6 is 11.8 Å². The van der Waals surface area contributed by atoms with Gasteiger partial charge in [-0.05, 0) is 29.8 Å². The Hall–Kier alpha value is -3.06. The van der Waals surface area contributed by atoms with Crippen LogP contribution in [-0.4, -0.2) is 31.8 Å². The van der Waals surface area contributed by atoms with E-state index in [2.05, 4.69) is 49.0 Å². The zero-order valence-corrected chi connectivity index (χ0v) is 15.7. The van der Waals surface area contributed by atoms with Crippen molar-refractivity contribution in [1.82, 2.24) is 24.7 Å². The van der Waals surface area contributed by atoms with Crippen molar-refractivity contribution < 1.29 is 4.74 Å². The molecule has 2 heterocycles. The first-order chi connectivity index (χ1) is 13.3. The fourth-order valence-corrected chi connectivity index (χ4v) is 3.49. The summed E-state index contributed by atoms with van der Waals surface area (Å²) in [5, 5.41) is 8.00. The van der Waals surface area contributed by atoms with Crippen LogP contribution in [0.1, 0.15) is 11.4 Å². The molecule has 4 rings (SSSR count). The summed E-state index contributed by atoms with van der Waals surface area (Å²) in [4.78, 5) is 9.04. The molecule has 0 atom stereocenters. The number of nitrogens with one attached hydrogen (secondary N) is 1. The summed E-state index contributed by atoms with van der Waals surface area (Å²) in [6.45, 7) is 0.807. The molecule has 0 saturated heterocycles. The maximum absolute atomic E-state index is 5.18. The standard InChI is InChI=1S/C20H19N5OS/c1-26-17-9-7-16(8-10-17)19-22-20(24-23-19)27-14-18-21-11-12-25(18)13-15-5-3-2-4-6-15/h2-12H,13-14H2,1H3,(H,22,23,24). The van der Waals surface area contributed by atoms with Gasteiger partial charge in [-0.25, -0.2) is 9.97 Å². The van der Waals surface area contributed by atoms with E-state index in [0.717, 1.165) is 29.5 Å². The minimum absolute atomic E-state index is 0.704. The quantitative estimate of drug-likeness (QED) is 0.493. The van der Waals surface area contributed by atoms with Crippen LogP contribution in [0.25, 0.3) is 11.4 Å². The number of H-pyrrole nitrogens is 1. The topological polar surface area (TPSA) is 68.6 Å². The maximum atomic E-state index is 5.18. The molecule has 1 N–H and O–H groups in total. The highest BCUT2D eigenvalue weighted by Crippen LogP contribution is 2.23. The molecule has 0 aliphatic carbocycles. The Balaban J connectivity index is 1.41. The Morgan fingerprint density at radius 1 is 1.07 bits per heavy atom. The van der Waals surface area contributed by atoms with Crippen molar-refractivity contribution in [2.24, 2.45) is 0 Å². The Labute approximate surface area is 161 Å². The van der Waals surface area contributed by atoms with E-state index in [1.807, 2.05) is 42.7 Å². The molecule has 0 saturated carbocycles. The highest BCUT2D eigenvalue weighted by Gasteiger charge is 2.09. The summed E-state index contributed by atoms with van der Waals surface area (Å²) in [6.07, 6.45) is 3.84. The molecule has 6 nitrogen and oxygen atoms in total. The van der Waals surface area contributed by atoms with Crippen LogP contribution in [0.2, 0.25) is 0 Å². The number of thioether (sulfide) groups is 1. The van der Waals surface area contributed by atoms with Gasteiger partial charge < -0.3 is 9.30 Å². The monoisotopic (exact) mass is 377 g/mol. The third-order valence-corrected chi connectivity index (χ3v) is 5.00. The van der Waals surface area contributed by atoms with Gasteiger partial charge in [-0.2, -0.15) is 0 Å². The largest absolute Gasteiger partial charge is 0.497 e. The van der Waals surface area contributed by atoms with Crippen molar-refractivity contribution in [2.75, 3.05) is 7.11 Å². The van der Waals surface area contributed by atoms with Gasteiger partial charge in [-0.3, -0.25) is 5.10 Å². The van der Waals surface area contributed by atoms with Gasteiger partial charge in [0.15, 0.2) is 5.82 Å². The summed E-state index contributed by atoms with van der Waals surface area (Å²) >= 11 is 1.56. The molecular formula is C20H19N5OS. The van der Waals surface area contributed by atoms with Crippen LogP contribution in [0.4, 0.5) is 0 Å². The van der Waals surface area contributed by atoms with E-state index >= 15 is 0 Å². The van der Waals surface area contributed by atoms with Crippen LogP contribution < -0.4 is 4.74 Å². The number of imidazole rings is 1. The van der Waals surface area contributed by atoms with Gasteiger partial charge in [0.1, 0.15) is 11.6 Å². The van der Waals surface area contributed by atoms with E-state index in [1.54, 1.807) is 18.9 Å². The normalized spacial score (nSPS) is 10.9. The molecule has 0 radical (unpaired) electrons. The minimum atomic E-state index is 0.704. The van der Waals surface area contributed by atoms with Crippen LogP contribution in [0.3, 0.4) is 0 Å². The smallest absolute Gasteiger partial charge is 0.209 e. The molecule has 0 aliphatic heterocycles. The SMILES string of the molecule is COc1ccc(-c2nc(SCc3nccn3Cc3ccccc3)n[nH]2)cc1. The first kappa shape index (κ1) is 17.4. The zero-order chi connectivity index (χ0) is 18.5. The fourth-order valence-electron chi connectivity index (χ4n) is 2.72. The molecule has 0 aliphatic rings. The second kappa shape index (κ2) is 8.09. The van der Waals surface area contributed by atoms with Gasteiger partial charge >= 0.3 is 0 Å². The molecule has 2 aromatic carbocycles. The molecular weight excluding hydrogens is 358 g/mol. The number of benzene rings is 2. The molecule has 0 bridgehead atoms.